The molecule has 4 aromatic rings. The van der Waals surface area contributed by atoms with Gasteiger partial charge in [-0.15, -0.1) is 11.3 Å². The van der Waals surface area contributed by atoms with E-state index in [1.807, 2.05) is 17.5 Å². The summed E-state index contributed by atoms with van der Waals surface area (Å²) < 4.78 is 8.55. The number of nitrogens with two attached hydrogens (primary N) is 1. The van der Waals surface area contributed by atoms with E-state index in [2.05, 4.69) is 32.4 Å². The van der Waals surface area contributed by atoms with Crippen molar-refractivity contribution in [1.82, 2.24) is 24.8 Å². The second kappa shape index (κ2) is 9.27. The number of thiophene rings is 1. The second-order valence-corrected chi connectivity index (χ2v) is 10.0. The first-order chi connectivity index (χ1) is 16.9. The average Bonchev–Trinajstić information content (AvgIpc) is 3.37. The number of aryl methyl sites for hydroxylation is 1. The number of fused-ring (bicyclic) bond motifs is 2. The van der Waals surface area contributed by atoms with Gasteiger partial charge in [-0.1, -0.05) is 6.07 Å². The molecule has 0 spiro atoms. The zero-order valence-electron chi connectivity index (χ0n) is 20.1. The molecule has 0 radical (unpaired) electrons. The predicted molar refractivity (Wildman–Crippen MR) is 137 cm³/mol. The third kappa shape index (κ3) is 4.35. The lowest BCUT2D eigenvalue weighted by molar-refractivity contribution is -0.124. The minimum atomic E-state index is 0.00346. The monoisotopic (exact) mass is 492 g/mol. The summed E-state index contributed by atoms with van der Waals surface area (Å²) in [6, 6.07) is 6.31. The van der Waals surface area contributed by atoms with Crippen molar-refractivity contribution in [3.8, 4) is 16.2 Å². The van der Waals surface area contributed by atoms with E-state index in [-0.39, 0.29) is 11.7 Å². The van der Waals surface area contributed by atoms with E-state index in [4.69, 9.17) is 10.5 Å². The number of piperazine rings is 1. The number of rotatable bonds is 7. The van der Waals surface area contributed by atoms with Gasteiger partial charge in [-0.3, -0.25) is 9.69 Å². The molecule has 3 aromatic heterocycles. The van der Waals surface area contributed by atoms with Gasteiger partial charge in [-0.2, -0.15) is 5.10 Å². The largest absolute Gasteiger partial charge is 0.495 e. The normalized spacial score (nSPS) is 14.5. The van der Waals surface area contributed by atoms with E-state index in [0.717, 1.165) is 55.2 Å². The molecule has 5 rings (SSSR count). The molecule has 35 heavy (non-hydrogen) atoms. The van der Waals surface area contributed by atoms with E-state index in [9.17, 15) is 9.59 Å². The van der Waals surface area contributed by atoms with Gasteiger partial charge in [-0.05, 0) is 48.9 Å². The third-order valence-electron chi connectivity index (χ3n) is 6.37. The Morgan fingerprint density at radius 2 is 2.14 bits per heavy atom. The zero-order valence-corrected chi connectivity index (χ0v) is 20.9. The van der Waals surface area contributed by atoms with Crippen molar-refractivity contribution in [3.63, 3.8) is 0 Å². The summed E-state index contributed by atoms with van der Waals surface area (Å²) in [7, 11) is 1.68. The molecule has 10 heteroatoms. The van der Waals surface area contributed by atoms with Crippen molar-refractivity contribution < 1.29 is 14.3 Å². The first-order valence-corrected chi connectivity index (χ1v) is 12.4. The van der Waals surface area contributed by atoms with Crippen LogP contribution in [-0.2, 0) is 22.6 Å². The fourth-order valence-electron chi connectivity index (χ4n) is 4.80. The number of aromatic nitrogens is 3. The summed E-state index contributed by atoms with van der Waals surface area (Å²) in [4.78, 5) is 31.4. The number of Topliss-reactive ketones (excluding diaryl/α,β-unsaturated/α-hetero) is 1. The average molecular weight is 493 g/mol. The number of nitrogens with zero attached hydrogens (tertiary/aromatic N) is 4. The molecule has 0 atom stereocenters. The van der Waals surface area contributed by atoms with Gasteiger partial charge in [0.2, 0.25) is 5.91 Å². The molecule has 1 fully saturated rings. The maximum atomic E-state index is 12.0. The Balaban J connectivity index is 1.75. The zero-order chi connectivity index (χ0) is 24.7. The van der Waals surface area contributed by atoms with Crippen LogP contribution in [0.25, 0.3) is 26.0 Å². The number of hydrogen-bond donors (Lipinski definition) is 2. The van der Waals surface area contributed by atoms with Gasteiger partial charge in [0, 0.05) is 36.5 Å². The van der Waals surface area contributed by atoms with E-state index in [0.29, 0.717) is 38.3 Å². The van der Waals surface area contributed by atoms with Crippen LogP contribution in [0.3, 0.4) is 0 Å². The van der Waals surface area contributed by atoms with Crippen LogP contribution in [0, 0.1) is 6.92 Å². The Morgan fingerprint density at radius 3 is 2.89 bits per heavy atom. The van der Waals surface area contributed by atoms with Gasteiger partial charge in [0.1, 0.15) is 23.4 Å². The van der Waals surface area contributed by atoms with Crippen molar-refractivity contribution in [2.75, 3.05) is 32.5 Å². The number of methoxy groups -OCH3 is 1. The van der Waals surface area contributed by atoms with Crippen molar-refractivity contribution >= 4 is 44.4 Å². The molecule has 9 nitrogen and oxygen atoms in total. The number of nitrogen functional groups attached to an aromatic ring is 1. The van der Waals surface area contributed by atoms with Crippen LogP contribution in [0.2, 0.25) is 0 Å². The molecule has 1 amide bonds. The lowest BCUT2D eigenvalue weighted by Gasteiger charge is -2.26. The van der Waals surface area contributed by atoms with Crippen LogP contribution >= 0.6 is 11.3 Å². The van der Waals surface area contributed by atoms with E-state index in [1.54, 1.807) is 25.4 Å². The quantitative estimate of drug-likeness (QED) is 0.408. The number of anilines is 1. The van der Waals surface area contributed by atoms with Crippen molar-refractivity contribution in [2.24, 2.45) is 0 Å². The minimum absolute atomic E-state index is 0.00346. The number of carbonyl (C=O) groups is 2. The summed E-state index contributed by atoms with van der Waals surface area (Å²) in [6.07, 6.45) is 2.40. The minimum Gasteiger partial charge on any atom is -0.495 e. The molecule has 3 N–H and O–H groups in total. The highest BCUT2D eigenvalue weighted by Gasteiger charge is 2.27. The summed E-state index contributed by atoms with van der Waals surface area (Å²) in [5.74, 6) is 1.32. The van der Waals surface area contributed by atoms with Crippen LogP contribution < -0.4 is 15.8 Å². The smallest absolute Gasteiger partial charge is 0.234 e. The highest BCUT2D eigenvalue weighted by atomic mass is 32.1. The molecule has 0 saturated carbocycles. The third-order valence-corrected chi connectivity index (χ3v) is 7.55. The van der Waals surface area contributed by atoms with Gasteiger partial charge in [0.15, 0.2) is 5.82 Å². The fraction of sp³-hybridized carbons (Fsp3) is 0.360. The second-order valence-electron chi connectivity index (χ2n) is 8.96. The number of ether oxygens (including phenoxy) is 1. The Hall–Kier alpha value is -3.50. The van der Waals surface area contributed by atoms with Crippen LogP contribution in [0.5, 0.6) is 5.75 Å². The molecule has 1 aliphatic rings. The predicted octanol–water partition coefficient (Wildman–Crippen LogP) is 2.96. The van der Waals surface area contributed by atoms with Crippen LogP contribution in [0.1, 0.15) is 30.2 Å². The number of benzene rings is 1. The van der Waals surface area contributed by atoms with E-state index in [1.165, 1.54) is 6.33 Å². The summed E-state index contributed by atoms with van der Waals surface area (Å²) >= 11 is 1.63. The standard InChI is InChI=1S/C25H28N6O3S/c1-14-8-16-10-20(35-24(16)19(9-14)34-3)22-17(5-4-15(2)32)18(11-30-7-6-27-21(33)12-30)31-23(22)25(26)28-13-29-31/h8-10,13H,4-7,11-12H2,1-3H3,(H,27,33)(H2,26,28,29). The first-order valence-electron chi connectivity index (χ1n) is 11.6. The summed E-state index contributed by atoms with van der Waals surface area (Å²) in [5.41, 5.74) is 11.2. The molecule has 182 valence electrons. The Bertz CT molecular complexity index is 1460. The summed E-state index contributed by atoms with van der Waals surface area (Å²) in [6.45, 7) is 5.82. The Morgan fingerprint density at radius 1 is 1.31 bits per heavy atom. The highest BCUT2D eigenvalue weighted by Crippen LogP contribution is 2.44. The van der Waals surface area contributed by atoms with E-state index >= 15 is 0 Å². The molecular formula is C25H28N6O3S. The lowest BCUT2D eigenvalue weighted by atomic mass is 10.0. The molecule has 0 aliphatic carbocycles. The van der Waals surface area contributed by atoms with Crippen LogP contribution in [0.4, 0.5) is 5.82 Å². The number of hydrogen-bond acceptors (Lipinski definition) is 8. The van der Waals surface area contributed by atoms with Gasteiger partial charge < -0.3 is 20.6 Å². The van der Waals surface area contributed by atoms with Crippen LogP contribution in [0.15, 0.2) is 24.5 Å². The Labute approximate surface area is 206 Å². The number of ketones is 1. The van der Waals surface area contributed by atoms with Gasteiger partial charge in [0.05, 0.1) is 24.0 Å². The van der Waals surface area contributed by atoms with Crippen molar-refractivity contribution in [2.45, 2.75) is 33.2 Å². The van der Waals surface area contributed by atoms with Gasteiger partial charge >= 0.3 is 0 Å². The van der Waals surface area contributed by atoms with E-state index < -0.39 is 0 Å². The number of carbonyl (C=O) groups excluding carboxylic acids is 2. The highest BCUT2D eigenvalue weighted by molar-refractivity contribution is 7.22. The molecule has 1 aromatic carbocycles. The molecule has 0 unspecified atom stereocenters. The maximum Gasteiger partial charge on any atom is 0.234 e. The SMILES string of the molecule is COc1cc(C)cc2cc(-c3c(CCC(C)=O)c(CN4CCNC(=O)C4)n4ncnc(N)c34)sc12. The lowest BCUT2D eigenvalue weighted by Crippen LogP contribution is -2.47. The van der Waals surface area contributed by atoms with Gasteiger partial charge in [-0.25, -0.2) is 9.50 Å². The van der Waals surface area contributed by atoms with Crippen LogP contribution in [-0.4, -0.2) is 57.9 Å². The molecule has 1 saturated heterocycles. The molecule has 0 bridgehead atoms. The molecular weight excluding hydrogens is 464 g/mol. The Kier molecular flexibility index (Phi) is 6.16. The van der Waals surface area contributed by atoms with Crippen molar-refractivity contribution in [3.05, 3.63) is 41.3 Å². The number of nitrogens with one attached hydrogen (secondary N) is 1. The van der Waals surface area contributed by atoms with Crippen molar-refractivity contribution in [1.29, 1.82) is 0 Å². The maximum absolute atomic E-state index is 12.0. The molecule has 1 aliphatic heterocycles. The summed E-state index contributed by atoms with van der Waals surface area (Å²) in [5, 5.41) is 8.51. The first kappa shape index (κ1) is 23.3. The topological polar surface area (TPSA) is 115 Å². The fourth-order valence-corrected chi connectivity index (χ4v) is 6.00. The molecule has 4 heterocycles. The van der Waals surface area contributed by atoms with Gasteiger partial charge in [0.25, 0.3) is 0 Å². The number of amides is 1.